The van der Waals surface area contributed by atoms with Crippen molar-refractivity contribution in [1.29, 1.82) is 0 Å². The van der Waals surface area contributed by atoms with Crippen LogP contribution in [-0.4, -0.2) is 68.6 Å². The Morgan fingerprint density at radius 1 is 1.15 bits per heavy atom. The van der Waals surface area contributed by atoms with E-state index in [-0.39, 0.29) is 18.3 Å². The first kappa shape index (κ1) is 28.2. The molecule has 0 unspecified atom stereocenters. The van der Waals surface area contributed by atoms with Gasteiger partial charge in [-0.25, -0.2) is 4.79 Å². The number of likely N-dealkylation sites (tertiary alicyclic amines) is 1. The predicted molar refractivity (Wildman–Crippen MR) is 146 cm³/mol. The van der Waals surface area contributed by atoms with Crippen LogP contribution in [-0.2, 0) is 11.3 Å². The molecule has 10 heteroatoms. The summed E-state index contributed by atoms with van der Waals surface area (Å²) in [5.41, 5.74) is 2.50. The lowest BCUT2D eigenvalue weighted by Gasteiger charge is -2.36. The summed E-state index contributed by atoms with van der Waals surface area (Å²) in [7, 11) is 4.86. The molecule has 2 aromatic carbocycles. The number of fused-ring (bicyclic) bond motifs is 1. The van der Waals surface area contributed by atoms with E-state index in [9.17, 15) is 18.0 Å². The molecule has 1 saturated heterocycles. The van der Waals surface area contributed by atoms with Crippen LogP contribution < -0.4 is 15.4 Å². The van der Waals surface area contributed by atoms with Gasteiger partial charge in [0.1, 0.15) is 12.3 Å². The Labute approximate surface area is 226 Å². The molecule has 7 nitrogen and oxygen atoms in total. The SMILES string of the molecule is COC(=O)c1ccc(NCC#Cc2cc3c(N[C@H]4CCN(C)C[C@@H]4C)cccc3n2CC(F)(F)F)c(OC)c1. The highest BCUT2D eigenvalue weighted by atomic mass is 19.4. The third-order valence-electron chi connectivity index (χ3n) is 6.94. The molecule has 39 heavy (non-hydrogen) atoms. The second-order valence-corrected chi connectivity index (χ2v) is 9.81. The van der Waals surface area contributed by atoms with E-state index in [4.69, 9.17) is 9.47 Å². The summed E-state index contributed by atoms with van der Waals surface area (Å²) in [5, 5.41) is 7.40. The zero-order valence-corrected chi connectivity index (χ0v) is 22.5. The van der Waals surface area contributed by atoms with E-state index in [1.807, 2.05) is 6.07 Å². The largest absolute Gasteiger partial charge is 0.495 e. The molecule has 1 aliphatic heterocycles. The van der Waals surface area contributed by atoms with Gasteiger partial charge in [0.05, 0.1) is 43.2 Å². The Bertz CT molecular complexity index is 1390. The van der Waals surface area contributed by atoms with Crippen LogP contribution in [0.1, 0.15) is 29.4 Å². The van der Waals surface area contributed by atoms with E-state index < -0.39 is 18.7 Å². The summed E-state index contributed by atoms with van der Waals surface area (Å²) >= 11 is 0. The minimum Gasteiger partial charge on any atom is -0.495 e. The Morgan fingerprint density at radius 2 is 1.95 bits per heavy atom. The summed E-state index contributed by atoms with van der Waals surface area (Å²) in [6.07, 6.45) is -3.44. The summed E-state index contributed by atoms with van der Waals surface area (Å²) in [5.74, 6) is 6.18. The van der Waals surface area contributed by atoms with Crippen LogP contribution in [0.25, 0.3) is 10.9 Å². The molecule has 1 aromatic heterocycles. The van der Waals surface area contributed by atoms with Crippen molar-refractivity contribution in [1.82, 2.24) is 9.47 Å². The number of ether oxygens (including phenoxy) is 2. The fraction of sp³-hybridized carbons (Fsp3) is 0.414. The highest BCUT2D eigenvalue weighted by molar-refractivity contribution is 5.94. The Kier molecular flexibility index (Phi) is 8.60. The number of piperidine rings is 1. The van der Waals surface area contributed by atoms with Gasteiger partial charge in [-0.2, -0.15) is 13.2 Å². The number of nitrogens with one attached hydrogen (secondary N) is 2. The lowest BCUT2D eigenvalue weighted by Crippen LogP contribution is -2.43. The van der Waals surface area contributed by atoms with Crippen LogP contribution >= 0.6 is 0 Å². The second-order valence-electron chi connectivity index (χ2n) is 9.81. The van der Waals surface area contributed by atoms with Gasteiger partial charge in [-0.3, -0.25) is 0 Å². The molecule has 2 atom stereocenters. The molecule has 2 N–H and O–H groups in total. The topological polar surface area (TPSA) is 67.8 Å². The van der Waals surface area contributed by atoms with Crippen molar-refractivity contribution in [3.8, 4) is 17.6 Å². The second kappa shape index (κ2) is 11.9. The quantitative estimate of drug-likeness (QED) is 0.316. The van der Waals surface area contributed by atoms with Crippen molar-refractivity contribution in [3.05, 3.63) is 53.7 Å². The van der Waals surface area contributed by atoms with Crippen molar-refractivity contribution in [2.24, 2.45) is 5.92 Å². The molecular formula is C29H33F3N4O3. The third kappa shape index (κ3) is 6.79. The average Bonchev–Trinajstić information content (AvgIpc) is 3.24. The van der Waals surface area contributed by atoms with Gasteiger partial charge in [-0.15, -0.1) is 0 Å². The molecule has 1 fully saturated rings. The van der Waals surface area contributed by atoms with Gasteiger partial charge in [0, 0.05) is 23.7 Å². The number of carbonyl (C=O) groups is 1. The Hall–Kier alpha value is -3.84. The van der Waals surface area contributed by atoms with Crippen LogP contribution in [0.2, 0.25) is 0 Å². The normalized spacial score (nSPS) is 17.8. The zero-order valence-electron chi connectivity index (χ0n) is 22.5. The van der Waals surface area contributed by atoms with Crippen molar-refractivity contribution in [2.45, 2.75) is 32.1 Å². The summed E-state index contributed by atoms with van der Waals surface area (Å²) in [6, 6.07) is 12.1. The van der Waals surface area contributed by atoms with Crippen molar-refractivity contribution >= 4 is 28.2 Å². The maximum absolute atomic E-state index is 13.5. The van der Waals surface area contributed by atoms with Crippen LogP contribution in [0.5, 0.6) is 5.75 Å². The first-order chi connectivity index (χ1) is 18.6. The number of anilines is 2. The molecule has 0 aliphatic carbocycles. The van der Waals surface area contributed by atoms with Crippen LogP contribution in [0.4, 0.5) is 24.5 Å². The smallest absolute Gasteiger partial charge is 0.406 e. The van der Waals surface area contributed by atoms with E-state index in [0.717, 1.165) is 25.2 Å². The lowest BCUT2D eigenvalue weighted by molar-refractivity contribution is -0.140. The van der Waals surface area contributed by atoms with Gasteiger partial charge in [0.25, 0.3) is 0 Å². The van der Waals surface area contributed by atoms with E-state index >= 15 is 0 Å². The number of benzene rings is 2. The van der Waals surface area contributed by atoms with Crippen molar-refractivity contribution in [3.63, 3.8) is 0 Å². The third-order valence-corrected chi connectivity index (χ3v) is 6.94. The zero-order chi connectivity index (χ0) is 28.2. The average molecular weight is 543 g/mol. The molecule has 2 heterocycles. The van der Waals surface area contributed by atoms with Gasteiger partial charge in [-0.1, -0.05) is 18.9 Å². The molecule has 0 amide bonds. The maximum Gasteiger partial charge on any atom is 0.406 e. The minimum atomic E-state index is -4.40. The Balaban J connectivity index is 1.59. The van der Waals surface area contributed by atoms with E-state index in [1.165, 1.54) is 18.8 Å². The predicted octanol–water partition coefficient (Wildman–Crippen LogP) is 5.21. The summed E-state index contributed by atoms with van der Waals surface area (Å²) in [4.78, 5) is 14.1. The molecule has 3 aromatic rings. The first-order valence-electron chi connectivity index (χ1n) is 12.7. The lowest BCUT2D eigenvalue weighted by atomic mass is 9.94. The monoisotopic (exact) mass is 542 g/mol. The van der Waals surface area contributed by atoms with Gasteiger partial charge in [0.15, 0.2) is 0 Å². The van der Waals surface area contributed by atoms with Crippen LogP contribution in [0.3, 0.4) is 0 Å². The van der Waals surface area contributed by atoms with E-state index in [2.05, 4.69) is 41.3 Å². The number of esters is 1. The number of carbonyl (C=O) groups excluding carboxylic acids is 1. The number of nitrogens with zero attached hydrogens (tertiary/aromatic N) is 2. The standard InChI is InChI=1S/C29H33F3N4O3/c1-19-17-35(2)14-12-23(19)34-24-8-5-9-26-22(24)16-21(36(26)18-29(30,31)32)7-6-13-33-25-11-10-20(28(37)39-4)15-27(25)38-3/h5,8-11,15-16,19,23,33-34H,12-14,17-18H2,1-4H3/t19-,23-/m0/s1. The van der Waals surface area contributed by atoms with Crippen molar-refractivity contribution < 1.29 is 27.4 Å². The maximum atomic E-state index is 13.5. The molecule has 0 bridgehead atoms. The molecule has 0 spiro atoms. The number of hydrogen-bond acceptors (Lipinski definition) is 6. The highest BCUT2D eigenvalue weighted by Gasteiger charge is 2.30. The number of halogens is 3. The molecule has 208 valence electrons. The molecule has 1 aliphatic rings. The summed E-state index contributed by atoms with van der Waals surface area (Å²) in [6.45, 7) is 3.13. The van der Waals surface area contributed by atoms with Gasteiger partial charge < -0.3 is 29.6 Å². The van der Waals surface area contributed by atoms with Gasteiger partial charge in [0.2, 0.25) is 0 Å². The number of rotatable bonds is 7. The molecular weight excluding hydrogens is 509 g/mol. The number of methoxy groups -OCH3 is 2. The fourth-order valence-corrected chi connectivity index (χ4v) is 4.99. The van der Waals surface area contributed by atoms with Crippen molar-refractivity contribution in [2.75, 3.05) is 51.5 Å². The minimum absolute atomic E-state index is 0.152. The number of alkyl halides is 3. The Morgan fingerprint density at radius 3 is 2.64 bits per heavy atom. The van der Waals surface area contributed by atoms with Gasteiger partial charge >= 0.3 is 12.1 Å². The van der Waals surface area contributed by atoms with Crippen LogP contribution in [0.15, 0.2) is 42.5 Å². The van der Waals surface area contributed by atoms with Crippen LogP contribution in [0, 0.1) is 17.8 Å². The van der Waals surface area contributed by atoms with E-state index in [0.29, 0.717) is 33.8 Å². The fourth-order valence-electron chi connectivity index (χ4n) is 4.99. The molecule has 4 rings (SSSR count). The van der Waals surface area contributed by atoms with Gasteiger partial charge in [-0.05, 0) is 68.2 Å². The molecule has 0 radical (unpaired) electrons. The molecule has 0 saturated carbocycles. The number of hydrogen-bond donors (Lipinski definition) is 2. The number of aromatic nitrogens is 1. The first-order valence-corrected chi connectivity index (χ1v) is 12.7. The van der Waals surface area contributed by atoms with E-state index in [1.54, 1.807) is 36.4 Å². The highest BCUT2D eigenvalue weighted by Crippen LogP contribution is 2.32. The summed E-state index contributed by atoms with van der Waals surface area (Å²) < 4.78 is 51.9.